The van der Waals surface area contributed by atoms with Crippen molar-refractivity contribution in [2.24, 2.45) is 0 Å². The second-order valence-electron chi connectivity index (χ2n) is 1.45. The summed E-state index contributed by atoms with van der Waals surface area (Å²) in [6, 6.07) is 0. The lowest BCUT2D eigenvalue weighted by Gasteiger charge is -1.65. The van der Waals surface area contributed by atoms with Gasteiger partial charge in [0, 0.05) is 0 Å². The van der Waals surface area contributed by atoms with Crippen molar-refractivity contribution in [2.45, 2.75) is 27.7 Å². The summed E-state index contributed by atoms with van der Waals surface area (Å²) >= 11 is 0. The Kier molecular flexibility index (Phi) is 38.7. The number of hydrogen-bond donors (Lipinski definition) is 0. The summed E-state index contributed by atoms with van der Waals surface area (Å²) in [5, 5.41) is 0. The minimum Gasteiger partial charge on any atom is -0.0991 e. The van der Waals surface area contributed by atoms with Gasteiger partial charge < -0.3 is 0 Å². The Hall–Kier alpha value is -0.780. The lowest BCUT2D eigenvalue weighted by atomic mass is 10.4. The maximum atomic E-state index is 3.36. The fraction of sp³-hybridized carbons (Fsp3) is 0.400. The summed E-state index contributed by atoms with van der Waals surface area (Å²) in [5.41, 5.74) is 0. The smallest absolute Gasteiger partial charge is 0.0379 e. The monoisotopic (exact) mass is 140 g/mol. The van der Waals surface area contributed by atoms with Gasteiger partial charge >= 0.3 is 0 Å². The maximum absolute atomic E-state index is 3.36. The first-order chi connectivity index (χ1) is 4.33. The Morgan fingerprint density at radius 1 is 1.20 bits per heavy atom. The van der Waals surface area contributed by atoms with Crippen LogP contribution in [0.15, 0.2) is 37.5 Å². The van der Waals surface area contributed by atoms with E-state index in [2.05, 4.69) is 32.2 Å². The van der Waals surface area contributed by atoms with Crippen LogP contribution in [0.25, 0.3) is 0 Å². The van der Waals surface area contributed by atoms with Crippen LogP contribution in [0, 0.1) is 0 Å². The molecule has 0 nitrogen and oxygen atoms in total. The normalized spacial score (nSPS) is 7.00. The second kappa shape index (κ2) is 24.1. The molecule has 0 aliphatic rings. The van der Waals surface area contributed by atoms with E-state index in [1.54, 1.807) is 12.2 Å². The molecule has 0 fully saturated rings. The third kappa shape index (κ3) is 56.7. The van der Waals surface area contributed by atoms with E-state index in [1.165, 1.54) is 0 Å². The minimum absolute atomic E-state index is 0. The van der Waals surface area contributed by atoms with E-state index in [9.17, 15) is 0 Å². The molecule has 0 rings (SSSR count). The van der Waals surface area contributed by atoms with Gasteiger partial charge in [-0.3, -0.25) is 0 Å². The zero-order chi connectivity index (χ0) is 7.54. The van der Waals surface area contributed by atoms with Crippen molar-refractivity contribution in [3.63, 3.8) is 0 Å². The Bertz CT molecular complexity index is 72.0. The molecule has 0 heteroatoms. The van der Waals surface area contributed by atoms with E-state index in [0.29, 0.717) is 0 Å². The van der Waals surface area contributed by atoms with E-state index in [1.807, 2.05) is 6.92 Å². The molecule has 0 bridgehead atoms. The van der Waals surface area contributed by atoms with Crippen molar-refractivity contribution in [3.05, 3.63) is 37.5 Å². The van der Waals surface area contributed by atoms with E-state index < -0.39 is 0 Å². The average molecular weight is 140 g/mol. The van der Waals surface area contributed by atoms with Crippen molar-refractivity contribution in [1.29, 1.82) is 0 Å². The summed E-state index contributed by atoms with van der Waals surface area (Å²) in [5.74, 6) is 0. The van der Waals surface area contributed by atoms with Crippen LogP contribution in [0.3, 0.4) is 0 Å². The van der Waals surface area contributed by atoms with E-state index >= 15 is 0 Å². The molecule has 0 saturated carbocycles. The van der Waals surface area contributed by atoms with Gasteiger partial charge in [0.1, 0.15) is 0 Å². The molecule has 0 saturated heterocycles. The van der Waals surface area contributed by atoms with Crippen LogP contribution >= 0.6 is 0 Å². The van der Waals surface area contributed by atoms with Gasteiger partial charge in [0.05, 0.1) is 0 Å². The third-order valence-electron chi connectivity index (χ3n) is 0.638. The van der Waals surface area contributed by atoms with Gasteiger partial charge in [-0.1, -0.05) is 51.8 Å². The molecule has 60 valence electrons. The third-order valence-corrected chi connectivity index (χ3v) is 0.638. The fourth-order valence-electron chi connectivity index (χ4n) is 0.236. The van der Waals surface area contributed by atoms with Crippen LogP contribution < -0.4 is 0 Å². The highest BCUT2D eigenvalue weighted by molar-refractivity contribution is 4.88. The molecule has 0 unspecified atom stereocenters. The largest absolute Gasteiger partial charge is 0.0991 e. The van der Waals surface area contributed by atoms with Crippen LogP contribution in [0.5, 0.6) is 0 Å². The Morgan fingerprint density at radius 2 is 1.60 bits per heavy atom. The molecule has 0 aromatic rings. The highest BCUT2D eigenvalue weighted by atomic mass is 13.6. The summed E-state index contributed by atoms with van der Waals surface area (Å²) in [6.07, 6.45) is 8.62. The Balaban J connectivity index is -0.0000000910. The summed E-state index contributed by atoms with van der Waals surface area (Å²) in [4.78, 5) is 0. The Morgan fingerprint density at radius 3 is 1.60 bits per heavy atom. The predicted molar refractivity (Wildman–Crippen MR) is 52.2 cm³/mol. The quantitative estimate of drug-likeness (QED) is 0.402. The highest BCUT2D eigenvalue weighted by Crippen LogP contribution is 1.73. The van der Waals surface area contributed by atoms with Crippen LogP contribution in [0.1, 0.15) is 27.7 Å². The van der Waals surface area contributed by atoms with Crippen LogP contribution in [-0.4, -0.2) is 0 Å². The second-order valence-corrected chi connectivity index (χ2v) is 1.45. The lowest BCUT2D eigenvalue weighted by molar-refractivity contribution is 1.22. The topological polar surface area (TPSA) is 0 Å². The van der Waals surface area contributed by atoms with Crippen LogP contribution in [0.4, 0.5) is 0 Å². The molecule has 0 aromatic carbocycles. The molecule has 0 aliphatic heterocycles. The number of allylic oxidation sites excluding steroid dienone is 4. The van der Waals surface area contributed by atoms with Crippen LogP contribution in [-0.2, 0) is 0 Å². The predicted octanol–water partition coefficient (Wildman–Crippen LogP) is 3.97. The van der Waals surface area contributed by atoms with Gasteiger partial charge in [-0.05, 0) is 13.3 Å². The van der Waals surface area contributed by atoms with E-state index in [-0.39, 0.29) is 7.43 Å². The molecular weight excluding hydrogens is 120 g/mol. The molecule has 0 amide bonds. The fourth-order valence-corrected chi connectivity index (χ4v) is 0.236. The SMILES string of the molecule is C.C/C=C/CC.C=CC=C. The zero-order valence-electron chi connectivity index (χ0n) is 6.43. The molecule has 0 heterocycles. The van der Waals surface area contributed by atoms with E-state index in [0.717, 1.165) is 6.42 Å². The average Bonchev–Trinajstić information content (AvgIpc) is 1.91. The van der Waals surface area contributed by atoms with Gasteiger partial charge in [-0.15, -0.1) is 0 Å². The van der Waals surface area contributed by atoms with Crippen molar-refractivity contribution < 1.29 is 0 Å². The van der Waals surface area contributed by atoms with Gasteiger partial charge in [-0.2, -0.15) is 0 Å². The Labute approximate surface area is 66.0 Å². The highest BCUT2D eigenvalue weighted by Gasteiger charge is 1.52. The number of rotatable bonds is 2. The standard InChI is InChI=1S/C5H10.C4H6.CH4/c1-3-5-4-2;1-3-4-2;/h3,5H,4H2,1-2H3;3-4H,1-2H2;1H4/b5-3+;;. The molecule has 0 N–H and O–H groups in total. The van der Waals surface area contributed by atoms with Crippen molar-refractivity contribution in [1.82, 2.24) is 0 Å². The first-order valence-corrected chi connectivity index (χ1v) is 3.18. The summed E-state index contributed by atoms with van der Waals surface area (Å²) < 4.78 is 0. The van der Waals surface area contributed by atoms with Crippen molar-refractivity contribution in [2.75, 3.05) is 0 Å². The molecule has 0 aliphatic carbocycles. The number of hydrogen-bond acceptors (Lipinski definition) is 0. The van der Waals surface area contributed by atoms with Crippen LogP contribution in [0.2, 0.25) is 0 Å². The minimum atomic E-state index is 0. The van der Waals surface area contributed by atoms with Crippen molar-refractivity contribution in [3.8, 4) is 0 Å². The molecule has 0 radical (unpaired) electrons. The lowest BCUT2D eigenvalue weighted by Crippen LogP contribution is -1.43. The first kappa shape index (κ1) is 16.1. The zero-order valence-corrected chi connectivity index (χ0v) is 6.43. The maximum Gasteiger partial charge on any atom is -0.0379 e. The molecule has 0 spiro atoms. The van der Waals surface area contributed by atoms with Gasteiger partial charge in [-0.25, -0.2) is 0 Å². The van der Waals surface area contributed by atoms with Gasteiger partial charge in [0.15, 0.2) is 0 Å². The molecular formula is C10H20. The first-order valence-electron chi connectivity index (χ1n) is 3.18. The van der Waals surface area contributed by atoms with Gasteiger partial charge in [0.25, 0.3) is 0 Å². The molecule has 0 aromatic heterocycles. The van der Waals surface area contributed by atoms with Gasteiger partial charge in [0.2, 0.25) is 0 Å². The van der Waals surface area contributed by atoms with Crippen molar-refractivity contribution >= 4 is 0 Å². The summed E-state index contributed by atoms with van der Waals surface area (Å²) in [6.45, 7) is 10.9. The molecule has 0 atom stereocenters. The molecule has 10 heavy (non-hydrogen) atoms. The summed E-state index contributed by atoms with van der Waals surface area (Å²) in [7, 11) is 0. The van der Waals surface area contributed by atoms with E-state index in [4.69, 9.17) is 0 Å².